The van der Waals surface area contributed by atoms with Crippen LogP contribution in [0.3, 0.4) is 0 Å². The molecule has 2 saturated heterocycles. The number of amides is 4. The summed E-state index contributed by atoms with van der Waals surface area (Å²) < 4.78 is 0. The second kappa shape index (κ2) is 17.2. The Kier molecular flexibility index (Phi) is 11.4. The van der Waals surface area contributed by atoms with Crippen LogP contribution >= 0.6 is 0 Å². The first kappa shape index (κ1) is 43.0. The van der Waals surface area contributed by atoms with Crippen molar-refractivity contribution in [2.75, 3.05) is 9.80 Å². The van der Waals surface area contributed by atoms with Crippen molar-refractivity contribution in [3.63, 3.8) is 0 Å². The first-order chi connectivity index (χ1) is 31.6. The molecule has 2 heterocycles. The fraction of sp³-hybridized carbons (Fsp3) is 0.390. The number of carbonyl (C=O) groups is 4. The largest absolute Gasteiger partial charge is 0.274 e. The van der Waals surface area contributed by atoms with Crippen LogP contribution in [-0.4, -0.2) is 23.6 Å². The van der Waals surface area contributed by atoms with Gasteiger partial charge in [-0.3, -0.25) is 19.2 Å². The average molecular weight is 863 g/mol. The summed E-state index contributed by atoms with van der Waals surface area (Å²) in [5.74, 6) is -0.712. The van der Waals surface area contributed by atoms with Crippen molar-refractivity contribution in [2.24, 2.45) is 47.3 Å². The minimum absolute atomic E-state index is 0.0220. The van der Waals surface area contributed by atoms with E-state index in [-0.39, 0.29) is 71.0 Å². The number of benzene rings is 4. The fourth-order valence-corrected chi connectivity index (χ4v) is 13.2. The Balaban J connectivity index is 0.866. The highest BCUT2D eigenvalue weighted by atomic mass is 16.2. The van der Waals surface area contributed by atoms with Gasteiger partial charge >= 0.3 is 0 Å². The normalized spacial score (nSPS) is 26.0. The van der Waals surface area contributed by atoms with E-state index in [1.165, 1.54) is 22.3 Å². The molecule has 4 aliphatic carbocycles. The van der Waals surface area contributed by atoms with E-state index in [0.29, 0.717) is 32.1 Å². The molecule has 332 valence electrons. The zero-order chi connectivity index (χ0) is 45.3. The van der Waals surface area contributed by atoms with Crippen LogP contribution in [0.4, 0.5) is 11.4 Å². The lowest BCUT2D eigenvalue weighted by molar-refractivity contribution is -0.124. The smallest absolute Gasteiger partial charge is 0.238 e. The second-order valence-corrected chi connectivity index (χ2v) is 19.6. The summed E-state index contributed by atoms with van der Waals surface area (Å²) >= 11 is 0. The zero-order valence-electron chi connectivity index (χ0n) is 38.6. The molecule has 6 aliphatic rings. The first-order valence-corrected chi connectivity index (χ1v) is 24.5. The Hall–Kier alpha value is -5.88. The van der Waals surface area contributed by atoms with Gasteiger partial charge in [0.05, 0.1) is 35.0 Å². The fourth-order valence-electron chi connectivity index (χ4n) is 13.2. The van der Waals surface area contributed by atoms with E-state index >= 15 is 0 Å². The molecule has 0 aromatic heterocycles. The Morgan fingerprint density at radius 3 is 1.14 bits per heavy atom. The molecule has 4 bridgehead atoms. The van der Waals surface area contributed by atoms with Crippen molar-refractivity contribution in [3.05, 3.63) is 165 Å². The molecule has 0 radical (unpaired) electrons. The number of imide groups is 2. The Labute approximate surface area is 385 Å². The van der Waals surface area contributed by atoms with Crippen LogP contribution in [0.2, 0.25) is 0 Å². The second-order valence-electron chi connectivity index (χ2n) is 19.6. The lowest BCUT2D eigenvalue weighted by Crippen LogP contribution is -2.34. The maximum Gasteiger partial charge on any atom is 0.238 e. The van der Waals surface area contributed by atoms with Gasteiger partial charge < -0.3 is 0 Å². The predicted octanol–water partition coefficient (Wildman–Crippen LogP) is 11.4. The zero-order valence-corrected chi connectivity index (χ0v) is 38.6. The summed E-state index contributed by atoms with van der Waals surface area (Å²) in [6.45, 7) is 16.2. The lowest BCUT2D eigenvalue weighted by atomic mass is 9.79. The van der Waals surface area contributed by atoms with Gasteiger partial charge in [0.2, 0.25) is 23.6 Å². The van der Waals surface area contributed by atoms with E-state index in [1.807, 2.05) is 12.2 Å². The van der Waals surface area contributed by atoms with Gasteiger partial charge in [-0.2, -0.15) is 0 Å². The molecule has 8 unspecified atom stereocenters. The van der Waals surface area contributed by atoms with Gasteiger partial charge in [-0.25, -0.2) is 9.80 Å². The van der Waals surface area contributed by atoms with Crippen LogP contribution in [0.1, 0.15) is 109 Å². The highest BCUT2D eigenvalue weighted by Gasteiger charge is 2.63. The maximum absolute atomic E-state index is 14.5. The average Bonchev–Trinajstić information content (AvgIpc) is 4.19. The van der Waals surface area contributed by atoms with Crippen LogP contribution in [0.15, 0.2) is 109 Å². The van der Waals surface area contributed by atoms with Crippen molar-refractivity contribution in [1.82, 2.24) is 0 Å². The van der Waals surface area contributed by atoms with Gasteiger partial charge in [-0.05, 0) is 150 Å². The first-order valence-electron chi connectivity index (χ1n) is 24.5. The molecule has 0 N–H and O–H groups in total. The Morgan fingerprint density at radius 1 is 0.477 bits per heavy atom. The van der Waals surface area contributed by atoms with Gasteiger partial charge in [0.25, 0.3) is 0 Å². The standard InChI is InChI=1S/C59H62N2O4/c1-7-34-13-17-36(18-14-34)21-23-44-30-46-32-48(44)52-50(46)56(62)60(58(52)64)54-40(9-3)26-38(27-41(54)10-4)25-39-28-42(11-5)55(43(12-6)29-39)61-57(63)51-47-31-45(49(33-47)53(51)59(61)65)24-22-37-19-15-35(8-2)16-20-37/h7-8,13-20,26-31,46-53H,1-2,9-12,21-25,32-33H2,3-6H3. The number of allylic oxidation sites excluding steroid dienone is 4. The van der Waals surface area contributed by atoms with E-state index in [4.69, 9.17) is 0 Å². The lowest BCUT2D eigenvalue weighted by Gasteiger charge is -2.26. The molecule has 6 nitrogen and oxygen atoms in total. The molecular formula is C59H62N2O4. The molecule has 10 rings (SSSR count). The van der Waals surface area contributed by atoms with Crippen LogP contribution < -0.4 is 9.80 Å². The van der Waals surface area contributed by atoms with Crippen LogP contribution in [0.5, 0.6) is 0 Å². The topological polar surface area (TPSA) is 74.8 Å². The van der Waals surface area contributed by atoms with Gasteiger partial charge in [0.15, 0.2) is 0 Å². The quantitative estimate of drug-likeness (QED) is 0.0831. The third-order valence-electron chi connectivity index (χ3n) is 16.3. The number of anilines is 2. The number of carbonyl (C=O) groups excluding carboxylic acids is 4. The van der Waals surface area contributed by atoms with Crippen molar-refractivity contribution in [1.29, 1.82) is 0 Å². The molecule has 2 saturated carbocycles. The molecule has 4 amide bonds. The molecule has 65 heavy (non-hydrogen) atoms. The number of rotatable bonds is 16. The van der Waals surface area contributed by atoms with E-state index in [1.54, 1.807) is 9.80 Å². The number of nitrogens with zero attached hydrogens (tertiary/aromatic N) is 2. The van der Waals surface area contributed by atoms with E-state index in [0.717, 1.165) is 94.4 Å². The Bertz CT molecular complexity index is 2470. The summed E-state index contributed by atoms with van der Waals surface area (Å²) in [4.78, 5) is 61.1. The molecule has 4 aromatic rings. The molecular weight excluding hydrogens is 801 g/mol. The molecule has 8 atom stereocenters. The maximum atomic E-state index is 14.5. The van der Waals surface area contributed by atoms with Crippen molar-refractivity contribution < 1.29 is 19.2 Å². The van der Waals surface area contributed by atoms with Crippen LogP contribution in [0, 0.1) is 47.3 Å². The summed E-state index contributed by atoms with van der Waals surface area (Å²) in [6, 6.07) is 25.9. The minimum atomic E-state index is -0.281. The van der Waals surface area contributed by atoms with Gasteiger partial charge in [-0.1, -0.05) is 149 Å². The summed E-state index contributed by atoms with van der Waals surface area (Å²) in [7, 11) is 0. The molecule has 0 spiro atoms. The van der Waals surface area contributed by atoms with E-state index < -0.39 is 0 Å². The summed E-state index contributed by atoms with van der Waals surface area (Å²) in [5, 5.41) is 0. The van der Waals surface area contributed by atoms with E-state index in [2.05, 4.69) is 126 Å². The number of aryl methyl sites for hydroxylation is 6. The highest BCUT2D eigenvalue weighted by Crippen LogP contribution is 2.59. The predicted molar refractivity (Wildman–Crippen MR) is 261 cm³/mol. The van der Waals surface area contributed by atoms with Gasteiger partial charge in [0.1, 0.15) is 0 Å². The highest BCUT2D eigenvalue weighted by molar-refractivity contribution is 6.24. The SMILES string of the molecule is C=Cc1ccc(CCC2=CC3CC2C2C(=O)N(c4c(CC)cc(Cc5cc(CC)c(N6C(=O)C7C8C=C(CCc9ccc(C=C)cc9)C(C8)C7C6=O)c(CC)c5)cc4CC)C(=O)C32)cc1. The molecule has 4 aromatic carbocycles. The van der Waals surface area contributed by atoms with Crippen LogP contribution in [-0.2, 0) is 64.1 Å². The molecule has 4 fully saturated rings. The Morgan fingerprint density at radius 2 is 0.815 bits per heavy atom. The van der Waals surface area contributed by atoms with Gasteiger partial charge in [0, 0.05) is 0 Å². The van der Waals surface area contributed by atoms with Gasteiger partial charge in [-0.15, -0.1) is 0 Å². The van der Waals surface area contributed by atoms with E-state index in [9.17, 15) is 19.2 Å². The van der Waals surface area contributed by atoms with Crippen molar-refractivity contribution in [3.8, 4) is 0 Å². The summed E-state index contributed by atoms with van der Waals surface area (Å²) in [5.41, 5.74) is 15.4. The number of hydrogen-bond acceptors (Lipinski definition) is 4. The third kappa shape index (κ3) is 7.14. The third-order valence-corrected chi connectivity index (χ3v) is 16.3. The number of fused-ring (bicyclic) bond motifs is 10. The molecule has 6 heteroatoms. The van der Waals surface area contributed by atoms with Crippen LogP contribution in [0.25, 0.3) is 12.2 Å². The van der Waals surface area contributed by atoms with Crippen molar-refractivity contribution in [2.45, 2.75) is 98.3 Å². The number of hydrogen-bond donors (Lipinski definition) is 0. The monoisotopic (exact) mass is 862 g/mol. The molecule has 2 aliphatic heterocycles. The minimum Gasteiger partial charge on any atom is -0.274 e. The summed E-state index contributed by atoms with van der Waals surface area (Å²) in [6.07, 6.45) is 17.3. The van der Waals surface area contributed by atoms with Crippen molar-refractivity contribution >= 4 is 47.2 Å².